The summed E-state index contributed by atoms with van der Waals surface area (Å²) in [4.78, 5) is 11.8. The van der Waals surface area contributed by atoms with Gasteiger partial charge in [-0.3, -0.25) is 0 Å². The third-order valence-electron chi connectivity index (χ3n) is 3.69. The highest BCUT2D eigenvalue weighted by Crippen LogP contribution is 2.31. The summed E-state index contributed by atoms with van der Waals surface area (Å²) in [5, 5.41) is 39.0. The molecule has 0 bridgehead atoms. The Morgan fingerprint density at radius 3 is 2.61 bits per heavy atom. The van der Waals surface area contributed by atoms with Gasteiger partial charge in [0.05, 0.1) is 6.61 Å². The van der Waals surface area contributed by atoms with Crippen molar-refractivity contribution in [3.63, 3.8) is 0 Å². The summed E-state index contributed by atoms with van der Waals surface area (Å²) in [6.07, 6.45) is -4.81. The number of aliphatic hydroxyl groups excluding tert-OH is 3. The molecule has 8 heteroatoms. The predicted octanol–water partition coefficient (Wildman–Crippen LogP) is -0.375. The monoisotopic (exact) mass is 324 g/mol. The van der Waals surface area contributed by atoms with Crippen LogP contribution in [0.4, 0.5) is 0 Å². The van der Waals surface area contributed by atoms with E-state index in [0.717, 1.165) is 0 Å². The van der Waals surface area contributed by atoms with E-state index in [2.05, 4.69) is 0 Å². The van der Waals surface area contributed by atoms with Crippen molar-refractivity contribution in [1.29, 1.82) is 0 Å². The summed E-state index contributed by atoms with van der Waals surface area (Å²) >= 11 is 0. The van der Waals surface area contributed by atoms with Crippen LogP contribution in [-0.2, 0) is 4.74 Å². The summed E-state index contributed by atoms with van der Waals surface area (Å²) in [6, 6.07) is 4.22. The Kier molecular flexibility index (Phi) is 3.99. The van der Waals surface area contributed by atoms with Crippen molar-refractivity contribution in [3.8, 4) is 11.5 Å². The molecular weight excluding hydrogens is 308 g/mol. The average molecular weight is 324 g/mol. The molecule has 1 fully saturated rings. The van der Waals surface area contributed by atoms with Crippen LogP contribution in [0, 0.1) is 6.92 Å². The van der Waals surface area contributed by atoms with Crippen molar-refractivity contribution < 1.29 is 34.3 Å². The minimum absolute atomic E-state index is 0.0177. The largest absolute Gasteiger partial charge is 0.507 e. The number of phenolic OH excluding ortho intramolecular Hbond substituents is 1. The molecule has 1 aliphatic rings. The number of hydrogen-bond acceptors (Lipinski definition) is 8. The molecule has 0 spiro atoms. The van der Waals surface area contributed by atoms with Crippen molar-refractivity contribution >= 4 is 10.8 Å². The number of rotatable bonds is 3. The topological polar surface area (TPSA) is 130 Å². The zero-order chi connectivity index (χ0) is 16.7. The maximum atomic E-state index is 11.8. The molecule has 0 amide bonds. The Hall–Kier alpha value is -2.13. The molecule has 1 aromatic heterocycles. The van der Waals surface area contributed by atoms with Crippen molar-refractivity contribution in [2.24, 2.45) is 0 Å². The van der Waals surface area contributed by atoms with Gasteiger partial charge in [0.2, 0.25) is 6.29 Å². The van der Waals surface area contributed by atoms with E-state index in [1.54, 1.807) is 13.0 Å². The first kappa shape index (κ1) is 15.8. The zero-order valence-electron chi connectivity index (χ0n) is 12.2. The average Bonchev–Trinajstić information content (AvgIpc) is 2.74. The predicted molar refractivity (Wildman–Crippen MR) is 77.3 cm³/mol. The number of aliphatic hydroxyl groups is 3. The van der Waals surface area contributed by atoms with Crippen molar-refractivity contribution in [3.05, 3.63) is 34.4 Å². The molecule has 4 atom stereocenters. The number of aryl methyl sites for hydroxylation is 1. The lowest BCUT2D eigenvalue weighted by atomic mass is 10.1. The first-order valence-corrected chi connectivity index (χ1v) is 6.97. The van der Waals surface area contributed by atoms with Gasteiger partial charge >= 0.3 is 5.63 Å². The zero-order valence-corrected chi connectivity index (χ0v) is 12.2. The Bertz CT molecular complexity index is 783. The lowest BCUT2D eigenvalue weighted by Crippen LogP contribution is -2.35. The Morgan fingerprint density at radius 1 is 1.22 bits per heavy atom. The highest BCUT2D eigenvalue weighted by atomic mass is 16.7. The van der Waals surface area contributed by atoms with Gasteiger partial charge in [-0.2, -0.15) is 0 Å². The van der Waals surface area contributed by atoms with Gasteiger partial charge in [-0.1, -0.05) is 0 Å². The van der Waals surface area contributed by atoms with E-state index >= 15 is 0 Å². The smallest absolute Gasteiger partial charge is 0.347 e. The summed E-state index contributed by atoms with van der Waals surface area (Å²) < 4.78 is 15.5. The van der Waals surface area contributed by atoms with Gasteiger partial charge in [0.25, 0.3) is 0 Å². The molecular formula is C15H16O8. The molecule has 1 aromatic carbocycles. The van der Waals surface area contributed by atoms with Gasteiger partial charge in [-0.25, -0.2) is 4.79 Å². The van der Waals surface area contributed by atoms with Gasteiger partial charge in [0, 0.05) is 6.07 Å². The summed E-state index contributed by atoms with van der Waals surface area (Å²) in [5.74, 6) is 0.166. The highest BCUT2D eigenvalue weighted by Gasteiger charge is 2.43. The second-order valence-corrected chi connectivity index (χ2v) is 5.38. The van der Waals surface area contributed by atoms with Crippen LogP contribution in [0.5, 0.6) is 11.5 Å². The molecule has 0 saturated carbocycles. The standard InChI is InChI=1S/C15H16O8/c1-6-2-7-3-8(4-9(17)11(7)14(20)21-6)22-15-13(19)12(18)10(5-16)23-15/h2-4,10,12-13,15-19H,5H2,1H3. The Balaban J connectivity index is 1.94. The molecule has 0 aliphatic carbocycles. The van der Waals surface area contributed by atoms with Crippen LogP contribution < -0.4 is 10.4 Å². The molecule has 1 saturated heterocycles. The van der Waals surface area contributed by atoms with Crippen LogP contribution >= 0.6 is 0 Å². The van der Waals surface area contributed by atoms with Crippen LogP contribution in [0.1, 0.15) is 5.76 Å². The fraction of sp³-hybridized carbons (Fsp3) is 0.400. The van der Waals surface area contributed by atoms with Gasteiger partial charge in [-0.05, 0) is 24.4 Å². The van der Waals surface area contributed by atoms with E-state index in [1.807, 2.05) is 0 Å². The molecule has 1 aliphatic heterocycles. The lowest BCUT2D eigenvalue weighted by molar-refractivity contribution is -0.116. The number of fused-ring (bicyclic) bond motifs is 1. The summed E-state index contributed by atoms with van der Waals surface area (Å²) in [5.41, 5.74) is -0.669. The Labute approximate surface area is 130 Å². The molecule has 2 aromatic rings. The maximum absolute atomic E-state index is 11.8. The SMILES string of the molecule is Cc1cc2cc(OC3OC(CO)C(O)C3O)cc(O)c2c(=O)o1. The van der Waals surface area contributed by atoms with Crippen molar-refractivity contribution in [2.45, 2.75) is 31.5 Å². The van der Waals surface area contributed by atoms with Gasteiger partial charge in [0.15, 0.2) is 0 Å². The highest BCUT2D eigenvalue weighted by molar-refractivity contribution is 5.88. The van der Waals surface area contributed by atoms with Crippen LogP contribution in [0.25, 0.3) is 10.8 Å². The molecule has 23 heavy (non-hydrogen) atoms. The second-order valence-electron chi connectivity index (χ2n) is 5.38. The normalized spacial score (nSPS) is 27.5. The first-order chi connectivity index (χ1) is 10.9. The van der Waals surface area contributed by atoms with Crippen LogP contribution in [0.3, 0.4) is 0 Å². The number of hydrogen-bond donors (Lipinski definition) is 4. The fourth-order valence-electron chi connectivity index (χ4n) is 2.57. The van der Waals surface area contributed by atoms with Gasteiger partial charge < -0.3 is 34.3 Å². The second kappa shape index (κ2) is 5.82. The summed E-state index contributed by atoms with van der Waals surface area (Å²) in [7, 11) is 0. The third-order valence-corrected chi connectivity index (χ3v) is 3.69. The quantitative estimate of drug-likeness (QED) is 0.601. The summed E-state index contributed by atoms with van der Waals surface area (Å²) in [6.45, 7) is 1.12. The van der Waals surface area contributed by atoms with E-state index in [4.69, 9.17) is 19.0 Å². The van der Waals surface area contributed by atoms with E-state index < -0.39 is 36.8 Å². The Morgan fingerprint density at radius 2 is 1.96 bits per heavy atom. The molecule has 4 unspecified atom stereocenters. The van der Waals surface area contributed by atoms with Crippen molar-refractivity contribution in [1.82, 2.24) is 0 Å². The van der Waals surface area contributed by atoms with E-state index in [-0.39, 0.29) is 16.9 Å². The van der Waals surface area contributed by atoms with Gasteiger partial charge in [0.1, 0.15) is 41.0 Å². The molecule has 2 heterocycles. The van der Waals surface area contributed by atoms with E-state index in [1.165, 1.54) is 12.1 Å². The number of ether oxygens (including phenoxy) is 2. The van der Waals surface area contributed by atoms with E-state index in [9.17, 15) is 20.1 Å². The molecule has 3 rings (SSSR count). The minimum atomic E-state index is -1.35. The number of aromatic hydroxyl groups is 1. The fourth-order valence-corrected chi connectivity index (χ4v) is 2.57. The molecule has 0 radical (unpaired) electrons. The van der Waals surface area contributed by atoms with E-state index in [0.29, 0.717) is 11.1 Å². The number of benzene rings is 1. The molecule has 124 valence electrons. The lowest BCUT2D eigenvalue weighted by Gasteiger charge is -2.17. The van der Waals surface area contributed by atoms with Crippen LogP contribution in [-0.4, -0.2) is 51.6 Å². The van der Waals surface area contributed by atoms with Crippen LogP contribution in [0.2, 0.25) is 0 Å². The minimum Gasteiger partial charge on any atom is -0.507 e. The molecule has 4 N–H and O–H groups in total. The van der Waals surface area contributed by atoms with Crippen molar-refractivity contribution in [2.75, 3.05) is 6.61 Å². The third kappa shape index (κ3) is 2.77. The number of phenols is 1. The molecule has 8 nitrogen and oxygen atoms in total. The van der Waals surface area contributed by atoms with Gasteiger partial charge in [-0.15, -0.1) is 0 Å². The van der Waals surface area contributed by atoms with Crippen LogP contribution in [0.15, 0.2) is 27.4 Å². The maximum Gasteiger partial charge on any atom is 0.347 e. The first-order valence-electron chi connectivity index (χ1n) is 6.97.